The van der Waals surface area contributed by atoms with Gasteiger partial charge in [-0.1, -0.05) is 22.6 Å². The van der Waals surface area contributed by atoms with E-state index in [1.165, 1.54) is 0 Å². The number of alkyl halides is 1. The molecule has 1 heterocycles. The quantitative estimate of drug-likeness (QED) is 0.339. The first-order valence-corrected chi connectivity index (χ1v) is 5.04. The summed E-state index contributed by atoms with van der Waals surface area (Å²) < 4.78 is 5.26. The second-order valence-electron chi connectivity index (χ2n) is 2.69. The highest BCUT2D eigenvalue weighted by Crippen LogP contribution is 2.20. The number of hydrogen-bond acceptors (Lipinski definition) is 5. The lowest BCUT2D eigenvalue weighted by molar-refractivity contribution is -0.275. The molecule has 1 aliphatic heterocycles. The predicted molar refractivity (Wildman–Crippen MR) is 47.8 cm³/mol. The zero-order valence-corrected chi connectivity index (χ0v) is 8.33. The van der Waals surface area contributed by atoms with Crippen molar-refractivity contribution in [3.05, 3.63) is 0 Å². The van der Waals surface area contributed by atoms with E-state index in [2.05, 4.69) is 0 Å². The molecule has 5 atom stereocenters. The summed E-state index contributed by atoms with van der Waals surface area (Å²) in [5.41, 5.74) is 0. The molecule has 1 aliphatic rings. The maximum atomic E-state index is 9.27. The molecule has 72 valence electrons. The zero-order valence-electron chi connectivity index (χ0n) is 6.17. The molecule has 0 aliphatic carbocycles. The summed E-state index contributed by atoms with van der Waals surface area (Å²) in [4.78, 5) is 0. The number of aliphatic hydroxyl groups is 4. The third-order valence-corrected chi connectivity index (χ3v) is 2.71. The predicted octanol–water partition coefficient (Wildman–Crippen LogP) is -1.78. The summed E-state index contributed by atoms with van der Waals surface area (Å²) in [6.07, 6.45) is -5.95. The fourth-order valence-corrected chi connectivity index (χ4v) is 1.79. The van der Waals surface area contributed by atoms with E-state index in [1.807, 2.05) is 22.6 Å². The molecule has 0 spiro atoms. The van der Waals surface area contributed by atoms with Gasteiger partial charge in [-0.3, -0.25) is 0 Å². The minimum Gasteiger partial charge on any atom is -0.388 e. The normalized spacial score (nSPS) is 49.2. The first-order chi connectivity index (χ1) is 5.57. The Hall–Kier alpha value is 0.530. The van der Waals surface area contributed by atoms with Crippen LogP contribution in [-0.4, -0.2) is 55.6 Å². The molecule has 0 aromatic carbocycles. The van der Waals surface area contributed by atoms with Crippen molar-refractivity contribution in [2.75, 3.05) is 4.43 Å². The van der Waals surface area contributed by atoms with Crippen molar-refractivity contribution in [2.45, 2.75) is 30.7 Å². The number of aliphatic hydroxyl groups excluding tert-OH is 4. The highest BCUT2D eigenvalue weighted by atomic mass is 127. The Morgan fingerprint density at radius 2 is 1.58 bits per heavy atom. The Labute approximate surface area is 83.1 Å². The fraction of sp³-hybridized carbons (Fsp3) is 1.00. The topological polar surface area (TPSA) is 90.2 Å². The van der Waals surface area contributed by atoms with Gasteiger partial charge in [0.25, 0.3) is 0 Å². The Morgan fingerprint density at radius 1 is 1.00 bits per heavy atom. The molecular formula is C6H11IO5. The van der Waals surface area contributed by atoms with Gasteiger partial charge in [-0.05, 0) is 0 Å². The lowest BCUT2D eigenvalue weighted by atomic mass is 10.0. The largest absolute Gasteiger partial charge is 0.388 e. The van der Waals surface area contributed by atoms with Crippen LogP contribution in [0.2, 0.25) is 0 Å². The number of hydrogen-bond donors (Lipinski definition) is 4. The Kier molecular flexibility index (Phi) is 3.68. The van der Waals surface area contributed by atoms with Crippen molar-refractivity contribution in [2.24, 2.45) is 0 Å². The first kappa shape index (κ1) is 10.6. The SMILES string of the molecule is O[C@H]1[C@@H](O)[C@H](CI)O[C@H](O)[C@H]1O. The summed E-state index contributed by atoms with van der Waals surface area (Å²) in [5.74, 6) is 0. The molecular weight excluding hydrogens is 279 g/mol. The van der Waals surface area contributed by atoms with Crippen LogP contribution in [0.1, 0.15) is 0 Å². The lowest BCUT2D eigenvalue weighted by Crippen LogP contribution is -2.57. The van der Waals surface area contributed by atoms with Crippen LogP contribution >= 0.6 is 22.6 Å². The summed E-state index contributed by atoms with van der Waals surface area (Å²) in [6, 6.07) is 0. The maximum Gasteiger partial charge on any atom is 0.183 e. The third kappa shape index (κ3) is 1.88. The monoisotopic (exact) mass is 290 g/mol. The van der Waals surface area contributed by atoms with Gasteiger partial charge in [0.1, 0.15) is 18.3 Å². The molecule has 1 fully saturated rings. The van der Waals surface area contributed by atoms with Crippen molar-refractivity contribution < 1.29 is 25.2 Å². The van der Waals surface area contributed by atoms with E-state index in [1.54, 1.807) is 0 Å². The Bertz CT molecular complexity index is 150. The van der Waals surface area contributed by atoms with Gasteiger partial charge in [-0.25, -0.2) is 0 Å². The average molecular weight is 290 g/mol. The van der Waals surface area contributed by atoms with E-state index in [9.17, 15) is 10.2 Å². The minimum absolute atomic E-state index is 0.444. The molecule has 0 saturated carbocycles. The minimum atomic E-state index is -1.43. The van der Waals surface area contributed by atoms with Crippen LogP contribution in [0.25, 0.3) is 0 Å². The highest BCUT2D eigenvalue weighted by Gasteiger charge is 2.42. The van der Waals surface area contributed by atoms with Crippen molar-refractivity contribution in [1.82, 2.24) is 0 Å². The van der Waals surface area contributed by atoms with E-state index in [-0.39, 0.29) is 0 Å². The summed E-state index contributed by atoms with van der Waals surface area (Å²) in [7, 11) is 0. The van der Waals surface area contributed by atoms with Crippen molar-refractivity contribution in [1.29, 1.82) is 0 Å². The highest BCUT2D eigenvalue weighted by molar-refractivity contribution is 14.1. The molecule has 0 aromatic heterocycles. The Morgan fingerprint density at radius 3 is 2.08 bits per heavy atom. The molecule has 4 N–H and O–H groups in total. The second kappa shape index (κ2) is 4.16. The van der Waals surface area contributed by atoms with Crippen LogP contribution in [-0.2, 0) is 4.74 Å². The molecule has 0 amide bonds. The van der Waals surface area contributed by atoms with E-state index < -0.39 is 30.7 Å². The van der Waals surface area contributed by atoms with Crippen molar-refractivity contribution in [3.63, 3.8) is 0 Å². The summed E-state index contributed by atoms with van der Waals surface area (Å²) in [6.45, 7) is 0. The fourth-order valence-electron chi connectivity index (χ4n) is 1.06. The average Bonchev–Trinajstić information content (AvgIpc) is 2.08. The number of ether oxygens (including phenoxy) is 1. The smallest absolute Gasteiger partial charge is 0.183 e. The standard InChI is InChI=1S/C6H11IO5/c7-1-2-3(8)4(9)5(10)6(11)12-2/h2-6,8-11H,1H2/t2-,3-,4-,5-,6-/m0/s1. The number of rotatable bonds is 1. The molecule has 1 saturated heterocycles. The van der Waals surface area contributed by atoms with Crippen molar-refractivity contribution in [3.8, 4) is 0 Å². The van der Waals surface area contributed by atoms with Gasteiger partial charge in [0.15, 0.2) is 6.29 Å². The molecule has 0 unspecified atom stereocenters. The van der Waals surface area contributed by atoms with Crippen LogP contribution in [0.5, 0.6) is 0 Å². The lowest BCUT2D eigenvalue weighted by Gasteiger charge is -2.37. The molecule has 0 aromatic rings. The second-order valence-corrected chi connectivity index (χ2v) is 3.57. The van der Waals surface area contributed by atoms with E-state index in [0.29, 0.717) is 4.43 Å². The molecule has 12 heavy (non-hydrogen) atoms. The molecule has 0 radical (unpaired) electrons. The third-order valence-electron chi connectivity index (χ3n) is 1.84. The summed E-state index contributed by atoms with van der Waals surface area (Å²) >= 11 is 1.96. The molecule has 1 rings (SSSR count). The molecule has 0 bridgehead atoms. The Balaban J connectivity index is 2.63. The zero-order chi connectivity index (χ0) is 9.30. The van der Waals surface area contributed by atoms with Crippen LogP contribution in [0, 0.1) is 0 Å². The summed E-state index contributed by atoms with van der Waals surface area (Å²) in [5, 5.41) is 36.5. The van der Waals surface area contributed by atoms with Gasteiger partial charge in [0, 0.05) is 4.43 Å². The van der Waals surface area contributed by atoms with Gasteiger partial charge in [0.05, 0.1) is 6.10 Å². The van der Waals surface area contributed by atoms with Gasteiger partial charge in [-0.2, -0.15) is 0 Å². The molecule has 6 heteroatoms. The van der Waals surface area contributed by atoms with Crippen molar-refractivity contribution >= 4 is 22.6 Å². The van der Waals surface area contributed by atoms with Gasteiger partial charge >= 0.3 is 0 Å². The molecule has 5 nitrogen and oxygen atoms in total. The van der Waals surface area contributed by atoms with Crippen LogP contribution in [0.4, 0.5) is 0 Å². The van der Waals surface area contributed by atoms with Crippen LogP contribution in [0.15, 0.2) is 0 Å². The maximum absolute atomic E-state index is 9.27. The van der Waals surface area contributed by atoms with Gasteiger partial charge in [0.2, 0.25) is 0 Å². The van der Waals surface area contributed by atoms with E-state index in [4.69, 9.17) is 14.9 Å². The number of halogens is 1. The first-order valence-electron chi connectivity index (χ1n) is 3.51. The van der Waals surface area contributed by atoms with Gasteiger partial charge < -0.3 is 25.2 Å². The van der Waals surface area contributed by atoms with Crippen LogP contribution < -0.4 is 0 Å². The van der Waals surface area contributed by atoms with Crippen LogP contribution in [0.3, 0.4) is 0 Å². The van der Waals surface area contributed by atoms with E-state index in [0.717, 1.165) is 0 Å². The van der Waals surface area contributed by atoms with Gasteiger partial charge in [-0.15, -0.1) is 0 Å². The van der Waals surface area contributed by atoms with E-state index >= 15 is 0 Å².